The fraction of sp³-hybridized carbons (Fsp3) is 0.250. The Morgan fingerprint density at radius 3 is 2.52 bits per heavy atom. The number of rotatable bonds is 5. The van der Waals surface area contributed by atoms with E-state index in [1.807, 2.05) is 6.92 Å². The molecular weight excluding hydrogens is 296 g/mol. The van der Waals surface area contributed by atoms with E-state index in [9.17, 15) is 8.78 Å². The van der Waals surface area contributed by atoms with Crippen LogP contribution >= 0.6 is 11.6 Å². The first kappa shape index (κ1) is 15.7. The molecule has 0 heterocycles. The number of hydrogen-bond donors (Lipinski definition) is 1. The molecule has 0 saturated heterocycles. The van der Waals surface area contributed by atoms with Gasteiger partial charge in [0.1, 0.15) is 5.82 Å². The molecule has 0 saturated carbocycles. The van der Waals surface area contributed by atoms with Crippen LogP contribution < -0.4 is 10.1 Å². The molecule has 0 bridgehead atoms. The Balaban J connectivity index is 2.45. The van der Waals surface area contributed by atoms with E-state index in [0.717, 1.165) is 0 Å². The zero-order valence-electron chi connectivity index (χ0n) is 11.8. The van der Waals surface area contributed by atoms with Crippen molar-refractivity contribution in [3.63, 3.8) is 0 Å². The number of hydrogen-bond acceptors (Lipinski definition) is 2. The van der Waals surface area contributed by atoms with Gasteiger partial charge in [-0.15, -0.1) is 0 Å². The molecule has 21 heavy (non-hydrogen) atoms. The van der Waals surface area contributed by atoms with E-state index in [-0.39, 0.29) is 11.8 Å². The van der Waals surface area contributed by atoms with Crippen molar-refractivity contribution >= 4 is 11.6 Å². The number of benzene rings is 2. The largest absolute Gasteiger partial charge is 0.494 e. The summed E-state index contributed by atoms with van der Waals surface area (Å²) in [6.07, 6.45) is 0. The fourth-order valence-electron chi connectivity index (χ4n) is 2.21. The predicted octanol–water partition coefficient (Wildman–Crippen LogP) is 4.33. The van der Waals surface area contributed by atoms with Crippen LogP contribution in [0.3, 0.4) is 0 Å². The van der Waals surface area contributed by atoms with Crippen molar-refractivity contribution in [2.24, 2.45) is 0 Å². The molecule has 0 amide bonds. The molecule has 1 unspecified atom stereocenters. The van der Waals surface area contributed by atoms with E-state index in [0.29, 0.717) is 22.7 Å². The summed E-state index contributed by atoms with van der Waals surface area (Å²) in [5.41, 5.74) is 1.40. The van der Waals surface area contributed by atoms with E-state index in [4.69, 9.17) is 16.3 Å². The molecular formula is C16H16ClF2NO. The summed E-state index contributed by atoms with van der Waals surface area (Å²) in [6.45, 7) is 2.59. The first-order chi connectivity index (χ1) is 10.1. The molecule has 2 aromatic rings. The van der Waals surface area contributed by atoms with Crippen molar-refractivity contribution in [2.45, 2.75) is 13.0 Å². The normalized spacial score (nSPS) is 12.2. The summed E-state index contributed by atoms with van der Waals surface area (Å²) in [5, 5.41) is 3.53. The molecule has 2 rings (SSSR count). The topological polar surface area (TPSA) is 21.3 Å². The maximum atomic E-state index is 13.9. The molecule has 0 aliphatic heterocycles. The number of nitrogens with one attached hydrogen (secondary N) is 1. The molecule has 0 aromatic heterocycles. The van der Waals surface area contributed by atoms with E-state index < -0.39 is 11.6 Å². The summed E-state index contributed by atoms with van der Waals surface area (Å²) in [7, 11) is 1.41. The Morgan fingerprint density at radius 1 is 1.19 bits per heavy atom. The van der Waals surface area contributed by atoms with Gasteiger partial charge in [0, 0.05) is 5.02 Å². The highest BCUT2D eigenvalue weighted by Crippen LogP contribution is 2.31. The van der Waals surface area contributed by atoms with Crippen LogP contribution in [-0.2, 0) is 0 Å². The smallest absolute Gasteiger partial charge is 0.165 e. The minimum Gasteiger partial charge on any atom is -0.494 e. The fourth-order valence-corrected chi connectivity index (χ4v) is 2.49. The van der Waals surface area contributed by atoms with Crippen molar-refractivity contribution in [3.05, 3.63) is 64.2 Å². The summed E-state index contributed by atoms with van der Waals surface area (Å²) >= 11 is 6.11. The standard InChI is InChI=1S/C16H16ClF2NO/c1-3-20-16(12-6-5-11(18)9-13(12)17)10-4-7-15(21-2)14(19)8-10/h4-9,16,20H,3H2,1-2H3. The Hall–Kier alpha value is -1.65. The van der Waals surface area contributed by atoms with Crippen molar-refractivity contribution < 1.29 is 13.5 Å². The van der Waals surface area contributed by atoms with Gasteiger partial charge in [0.15, 0.2) is 11.6 Å². The van der Waals surface area contributed by atoms with Crippen molar-refractivity contribution in [2.75, 3.05) is 13.7 Å². The highest BCUT2D eigenvalue weighted by molar-refractivity contribution is 6.31. The van der Waals surface area contributed by atoms with Gasteiger partial charge in [0.25, 0.3) is 0 Å². The SMILES string of the molecule is CCNC(c1ccc(OC)c(F)c1)c1ccc(F)cc1Cl. The van der Waals surface area contributed by atoms with Gasteiger partial charge < -0.3 is 10.1 Å². The van der Waals surface area contributed by atoms with E-state index in [2.05, 4.69) is 5.32 Å². The molecule has 0 spiro atoms. The first-order valence-corrected chi connectivity index (χ1v) is 6.96. The van der Waals surface area contributed by atoms with Gasteiger partial charge in [-0.1, -0.05) is 30.7 Å². The van der Waals surface area contributed by atoms with Gasteiger partial charge in [-0.3, -0.25) is 0 Å². The highest BCUT2D eigenvalue weighted by atomic mass is 35.5. The van der Waals surface area contributed by atoms with Crippen LogP contribution in [0.15, 0.2) is 36.4 Å². The lowest BCUT2D eigenvalue weighted by Crippen LogP contribution is -2.22. The van der Waals surface area contributed by atoms with Crippen LogP contribution in [0.2, 0.25) is 5.02 Å². The van der Waals surface area contributed by atoms with E-state index in [1.165, 1.54) is 25.3 Å². The Labute approximate surface area is 127 Å². The van der Waals surface area contributed by atoms with E-state index in [1.54, 1.807) is 18.2 Å². The van der Waals surface area contributed by atoms with Crippen LogP contribution in [0, 0.1) is 11.6 Å². The van der Waals surface area contributed by atoms with Gasteiger partial charge in [0.2, 0.25) is 0 Å². The van der Waals surface area contributed by atoms with Crippen molar-refractivity contribution in [3.8, 4) is 5.75 Å². The summed E-state index contributed by atoms with van der Waals surface area (Å²) in [6, 6.07) is 8.59. The van der Waals surface area contributed by atoms with Crippen LogP contribution in [0.25, 0.3) is 0 Å². The molecule has 1 atom stereocenters. The second-order valence-corrected chi connectivity index (χ2v) is 4.96. The third kappa shape index (κ3) is 3.52. The second-order valence-electron chi connectivity index (χ2n) is 4.55. The van der Waals surface area contributed by atoms with Gasteiger partial charge in [0.05, 0.1) is 13.2 Å². The maximum Gasteiger partial charge on any atom is 0.165 e. The summed E-state index contributed by atoms with van der Waals surface area (Å²) in [5.74, 6) is -0.671. The molecule has 1 N–H and O–H groups in total. The second kappa shape index (κ2) is 6.87. The van der Waals surface area contributed by atoms with Gasteiger partial charge in [-0.05, 0) is 41.9 Å². The summed E-state index contributed by atoms with van der Waals surface area (Å²) < 4.78 is 32.0. The molecule has 0 aliphatic carbocycles. The third-order valence-corrected chi connectivity index (χ3v) is 3.52. The average molecular weight is 312 g/mol. The Kier molecular flexibility index (Phi) is 5.15. The zero-order chi connectivity index (χ0) is 15.4. The van der Waals surface area contributed by atoms with Crippen LogP contribution in [0.5, 0.6) is 5.75 Å². The first-order valence-electron chi connectivity index (χ1n) is 6.58. The molecule has 0 aliphatic rings. The lowest BCUT2D eigenvalue weighted by Gasteiger charge is -2.20. The monoisotopic (exact) mass is 311 g/mol. The van der Waals surface area contributed by atoms with E-state index >= 15 is 0 Å². The Morgan fingerprint density at radius 2 is 1.95 bits per heavy atom. The predicted molar refractivity (Wildman–Crippen MR) is 79.9 cm³/mol. The summed E-state index contributed by atoms with van der Waals surface area (Å²) in [4.78, 5) is 0. The Bertz CT molecular complexity index is 634. The lowest BCUT2D eigenvalue weighted by atomic mass is 9.98. The van der Waals surface area contributed by atoms with Crippen LogP contribution in [0.1, 0.15) is 24.1 Å². The molecule has 2 aromatic carbocycles. The van der Waals surface area contributed by atoms with Crippen LogP contribution in [0.4, 0.5) is 8.78 Å². The minimum absolute atomic E-state index is 0.180. The van der Waals surface area contributed by atoms with Crippen molar-refractivity contribution in [1.82, 2.24) is 5.32 Å². The minimum atomic E-state index is -0.448. The average Bonchev–Trinajstić information content (AvgIpc) is 2.45. The highest BCUT2D eigenvalue weighted by Gasteiger charge is 2.18. The number of halogens is 3. The quantitative estimate of drug-likeness (QED) is 0.887. The molecule has 0 radical (unpaired) electrons. The van der Waals surface area contributed by atoms with Gasteiger partial charge in [-0.2, -0.15) is 0 Å². The zero-order valence-corrected chi connectivity index (χ0v) is 12.5. The van der Waals surface area contributed by atoms with Gasteiger partial charge >= 0.3 is 0 Å². The van der Waals surface area contributed by atoms with Gasteiger partial charge in [-0.25, -0.2) is 8.78 Å². The number of methoxy groups -OCH3 is 1. The number of ether oxygens (including phenoxy) is 1. The van der Waals surface area contributed by atoms with Crippen LogP contribution in [-0.4, -0.2) is 13.7 Å². The van der Waals surface area contributed by atoms with Crippen molar-refractivity contribution in [1.29, 1.82) is 0 Å². The molecule has 112 valence electrons. The molecule has 5 heteroatoms. The lowest BCUT2D eigenvalue weighted by molar-refractivity contribution is 0.385. The molecule has 0 fully saturated rings. The maximum absolute atomic E-state index is 13.9. The third-order valence-electron chi connectivity index (χ3n) is 3.19. The molecule has 2 nitrogen and oxygen atoms in total.